The van der Waals surface area contributed by atoms with Crippen molar-refractivity contribution in [2.24, 2.45) is 0 Å². The van der Waals surface area contributed by atoms with Gasteiger partial charge in [-0.25, -0.2) is 4.39 Å². The van der Waals surface area contributed by atoms with Gasteiger partial charge in [0.25, 0.3) is 0 Å². The second-order valence-electron chi connectivity index (χ2n) is 4.49. The number of benzene rings is 1. The molecule has 0 aliphatic rings. The number of hydrogen-bond acceptors (Lipinski definition) is 3. The Morgan fingerprint density at radius 2 is 1.68 bits per heavy atom. The van der Waals surface area contributed by atoms with Gasteiger partial charge in [0.2, 0.25) is 0 Å². The van der Waals surface area contributed by atoms with Crippen LogP contribution in [0.15, 0.2) is 24.3 Å². The van der Waals surface area contributed by atoms with Crippen LogP contribution in [-0.2, 0) is 16.0 Å². The first-order chi connectivity index (χ1) is 9.15. The molecule has 0 N–H and O–H groups in total. The number of rotatable bonds is 9. The van der Waals surface area contributed by atoms with Gasteiger partial charge in [-0.3, -0.25) is 0 Å². The van der Waals surface area contributed by atoms with Crippen molar-refractivity contribution in [1.29, 1.82) is 0 Å². The van der Waals surface area contributed by atoms with Gasteiger partial charge in [-0.05, 0) is 38.6 Å². The van der Waals surface area contributed by atoms with E-state index in [-0.39, 0.29) is 12.1 Å². The zero-order chi connectivity index (χ0) is 14.1. The molecule has 3 nitrogen and oxygen atoms in total. The number of hydrogen-bond donors (Lipinski definition) is 0. The maximum Gasteiger partial charge on any atom is 0.158 e. The summed E-state index contributed by atoms with van der Waals surface area (Å²) in [7, 11) is 2.04. The molecule has 0 radical (unpaired) electrons. The van der Waals surface area contributed by atoms with E-state index >= 15 is 0 Å². The second kappa shape index (κ2) is 9.02. The van der Waals surface area contributed by atoms with E-state index in [1.807, 2.05) is 33.0 Å². The van der Waals surface area contributed by atoms with Gasteiger partial charge in [0.05, 0.1) is 0 Å². The van der Waals surface area contributed by atoms with Crippen LogP contribution in [-0.4, -0.2) is 38.0 Å². The minimum atomic E-state index is -0.195. The number of ether oxygens (including phenoxy) is 2. The van der Waals surface area contributed by atoms with E-state index < -0.39 is 0 Å². The Labute approximate surface area is 115 Å². The van der Waals surface area contributed by atoms with Crippen molar-refractivity contribution >= 4 is 0 Å². The monoisotopic (exact) mass is 269 g/mol. The fourth-order valence-electron chi connectivity index (χ4n) is 1.89. The normalized spacial score (nSPS) is 11.5. The summed E-state index contributed by atoms with van der Waals surface area (Å²) in [5.74, 6) is -0.195. The zero-order valence-electron chi connectivity index (χ0n) is 12.1. The lowest BCUT2D eigenvalue weighted by Crippen LogP contribution is -2.26. The largest absolute Gasteiger partial charge is 0.353 e. The van der Waals surface area contributed by atoms with Crippen LogP contribution in [0.25, 0.3) is 0 Å². The van der Waals surface area contributed by atoms with Crippen molar-refractivity contribution in [3.63, 3.8) is 0 Å². The van der Waals surface area contributed by atoms with Crippen molar-refractivity contribution in [1.82, 2.24) is 4.90 Å². The van der Waals surface area contributed by atoms with Gasteiger partial charge in [-0.15, -0.1) is 0 Å². The van der Waals surface area contributed by atoms with Crippen LogP contribution in [0.5, 0.6) is 0 Å². The Bertz CT molecular complexity index is 337. The van der Waals surface area contributed by atoms with Crippen molar-refractivity contribution in [2.75, 3.05) is 26.8 Å². The minimum Gasteiger partial charge on any atom is -0.353 e. The maximum absolute atomic E-state index is 12.8. The molecule has 0 saturated heterocycles. The van der Waals surface area contributed by atoms with Crippen LogP contribution in [0.1, 0.15) is 25.8 Å². The summed E-state index contributed by atoms with van der Waals surface area (Å²) in [6.45, 7) is 6.93. The SMILES string of the molecule is CCOC(CCN(C)Cc1ccc(F)cc1)OCC. The summed E-state index contributed by atoms with van der Waals surface area (Å²) >= 11 is 0. The molecule has 4 heteroatoms. The van der Waals surface area contributed by atoms with Gasteiger partial charge in [-0.2, -0.15) is 0 Å². The summed E-state index contributed by atoms with van der Waals surface area (Å²) in [6.07, 6.45) is 0.699. The Morgan fingerprint density at radius 1 is 1.11 bits per heavy atom. The van der Waals surface area contributed by atoms with E-state index in [4.69, 9.17) is 9.47 Å². The predicted molar refractivity (Wildman–Crippen MR) is 74.4 cm³/mol. The average molecular weight is 269 g/mol. The van der Waals surface area contributed by atoms with E-state index in [2.05, 4.69) is 4.90 Å². The van der Waals surface area contributed by atoms with Crippen LogP contribution in [0.4, 0.5) is 4.39 Å². The molecular weight excluding hydrogens is 245 g/mol. The molecule has 0 unspecified atom stereocenters. The van der Waals surface area contributed by atoms with Gasteiger partial charge in [0.1, 0.15) is 5.82 Å². The molecule has 0 aliphatic carbocycles. The molecule has 0 saturated carbocycles. The Kier molecular flexibility index (Phi) is 7.63. The average Bonchev–Trinajstić information content (AvgIpc) is 2.39. The minimum absolute atomic E-state index is 0.134. The second-order valence-corrected chi connectivity index (χ2v) is 4.49. The van der Waals surface area contributed by atoms with Gasteiger partial charge in [-0.1, -0.05) is 12.1 Å². The Morgan fingerprint density at radius 3 is 2.21 bits per heavy atom. The molecule has 0 spiro atoms. The van der Waals surface area contributed by atoms with Crippen LogP contribution in [0.2, 0.25) is 0 Å². The smallest absolute Gasteiger partial charge is 0.158 e. The zero-order valence-corrected chi connectivity index (χ0v) is 12.1. The maximum atomic E-state index is 12.8. The predicted octanol–water partition coefficient (Wildman–Crippen LogP) is 3.05. The highest BCUT2D eigenvalue weighted by molar-refractivity contribution is 5.15. The molecule has 19 heavy (non-hydrogen) atoms. The highest BCUT2D eigenvalue weighted by Crippen LogP contribution is 2.08. The van der Waals surface area contributed by atoms with Crippen molar-refractivity contribution < 1.29 is 13.9 Å². The number of halogens is 1. The van der Waals surface area contributed by atoms with Gasteiger partial charge < -0.3 is 14.4 Å². The molecule has 1 rings (SSSR count). The van der Waals surface area contributed by atoms with Crippen molar-refractivity contribution in [3.05, 3.63) is 35.6 Å². The lowest BCUT2D eigenvalue weighted by Gasteiger charge is -2.21. The fourth-order valence-corrected chi connectivity index (χ4v) is 1.89. The standard InChI is InChI=1S/C15H24FNO2/c1-4-18-15(19-5-2)10-11-17(3)12-13-6-8-14(16)9-7-13/h6-9,15H,4-5,10-12H2,1-3H3. The first-order valence-electron chi connectivity index (χ1n) is 6.81. The van der Waals surface area contributed by atoms with E-state index in [1.165, 1.54) is 12.1 Å². The highest BCUT2D eigenvalue weighted by atomic mass is 19.1. The van der Waals surface area contributed by atoms with Crippen LogP contribution >= 0.6 is 0 Å². The van der Waals surface area contributed by atoms with E-state index in [9.17, 15) is 4.39 Å². The molecule has 1 aromatic rings. The van der Waals surface area contributed by atoms with E-state index in [1.54, 1.807) is 0 Å². The van der Waals surface area contributed by atoms with Crippen molar-refractivity contribution in [3.8, 4) is 0 Å². The molecule has 0 aromatic heterocycles. The Balaban J connectivity index is 2.33. The molecule has 0 heterocycles. The summed E-state index contributed by atoms with van der Waals surface area (Å²) in [4.78, 5) is 2.18. The summed E-state index contributed by atoms with van der Waals surface area (Å²) in [5, 5.41) is 0. The van der Waals surface area contributed by atoms with Crippen LogP contribution in [0.3, 0.4) is 0 Å². The molecule has 0 atom stereocenters. The Hall–Kier alpha value is -0.970. The fraction of sp³-hybridized carbons (Fsp3) is 0.600. The lowest BCUT2D eigenvalue weighted by molar-refractivity contribution is -0.141. The molecule has 108 valence electrons. The molecule has 0 amide bonds. The molecule has 0 bridgehead atoms. The summed E-state index contributed by atoms with van der Waals surface area (Å²) in [5.41, 5.74) is 1.10. The summed E-state index contributed by atoms with van der Waals surface area (Å²) < 4.78 is 23.8. The van der Waals surface area contributed by atoms with Crippen molar-refractivity contribution in [2.45, 2.75) is 33.1 Å². The third kappa shape index (κ3) is 6.66. The topological polar surface area (TPSA) is 21.7 Å². The highest BCUT2D eigenvalue weighted by Gasteiger charge is 2.09. The van der Waals surface area contributed by atoms with E-state index in [0.717, 1.165) is 25.1 Å². The lowest BCUT2D eigenvalue weighted by atomic mass is 10.2. The van der Waals surface area contributed by atoms with E-state index in [0.29, 0.717) is 13.2 Å². The molecule has 0 aliphatic heterocycles. The first kappa shape index (κ1) is 16.1. The van der Waals surface area contributed by atoms with Gasteiger partial charge in [0, 0.05) is 32.7 Å². The van der Waals surface area contributed by atoms with Crippen LogP contribution in [0, 0.1) is 5.82 Å². The molecule has 0 fully saturated rings. The van der Waals surface area contributed by atoms with Gasteiger partial charge >= 0.3 is 0 Å². The number of nitrogens with zero attached hydrogens (tertiary/aromatic N) is 1. The van der Waals surface area contributed by atoms with Crippen LogP contribution < -0.4 is 0 Å². The molecular formula is C15H24FNO2. The quantitative estimate of drug-likeness (QED) is 0.643. The first-order valence-corrected chi connectivity index (χ1v) is 6.81. The third-order valence-corrected chi connectivity index (χ3v) is 2.82. The summed E-state index contributed by atoms with van der Waals surface area (Å²) in [6, 6.07) is 6.61. The third-order valence-electron chi connectivity index (χ3n) is 2.82. The molecule has 1 aromatic carbocycles. The van der Waals surface area contributed by atoms with Gasteiger partial charge in [0.15, 0.2) is 6.29 Å².